The van der Waals surface area contributed by atoms with E-state index in [9.17, 15) is 4.39 Å². The van der Waals surface area contributed by atoms with Crippen molar-refractivity contribution in [3.8, 4) is 5.75 Å². The van der Waals surface area contributed by atoms with Gasteiger partial charge in [-0.2, -0.15) is 0 Å². The number of nitrogens with one attached hydrogen (secondary N) is 2. The molecule has 0 bridgehead atoms. The summed E-state index contributed by atoms with van der Waals surface area (Å²) < 4.78 is 19.7. The van der Waals surface area contributed by atoms with E-state index >= 15 is 0 Å². The lowest BCUT2D eigenvalue weighted by Crippen LogP contribution is -2.38. The van der Waals surface area contributed by atoms with Crippen LogP contribution in [-0.2, 0) is 0 Å². The Labute approximate surface area is 161 Å². The molecule has 1 aliphatic carbocycles. The number of nitrogens with zero attached hydrogens (tertiary/aromatic N) is 1. The quantitative estimate of drug-likeness (QED) is 0.354. The van der Waals surface area contributed by atoms with E-state index in [1.54, 1.807) is 12.1 Å². The van der Waals surface area contributed by atoms with Crippen LogP contribution < -0.4 is 15.4 Å². The van der Waals surface area contributed by atoms with Crippen LogP contribution >= 0.6 is 24.0 Å². The zero-order valence-electron chi connectivity index (χ0n) is 14.8. The van der Waals surface area contributed by atoms with Gasteiger partial charge in [0.1, 0.15) is 0 Å². The van der Waals surface area contributed by atoms with E-state index in [-0.39, 0.29) is 35.8 Å². The van der Waals surface area contributed by atoms with Gasteiger partial charge in [0.15, 0.2) is 17.5 Å². The third-order valence-corrected chi connectivity index (χ3v) is 3.82. The number of aliphatic imine (C=N–C) groups is 1. The fourth-order valence-corrected chi connectivity index (χ4v) is 2.23. The Bertz CT molecular complexity index is 535. The molecule has 1 aliphatic rings. The first-order valence-corrected chi connectivity index (χ1v) is 8.61. The molecule has 0 radical (unpaired) electrons. The standard InChI is InChI=1S/C18H28FN3O.HI/c1-4-10-21-18(20-5-2)22-13(3)15-8-9-17(16(19)11-15)23-12-14-6-7-14;/h8-9,11,13-14H,4-7,10,12H2,1-3H3,(H2,20,21,22);1H. The van der Waals surface area contributed by atoms with E-state index in [1.165, 1.54) is 12.8 Å². The number of hydrogen-bond acceptors (Lipinski definition) is 2. The monoisotopic (exact) mass is 449 g/mol. The van der Waals surface area contributed by atoms with Gasteiger partial charge in [-0.3, -0.25) is 4.99 Å². The SMILES string of the molecule is CCCN=C(NCC)NC(C)c1ccc(OCC2CC2)c(F)c1.I. The predicted octanol–water partition coefficient (Wildman–Crippen LogP) is 4.26. The number of guanidine groups is 1. The van der Waals surface area contributed by atoms with Gasteiger partial charge in [-0.25, -0.2) is 4.39 Å². The lowest BCUT2D eigenvalue weighted by molar-refractivity contribution is 0.285. The molecule has 2 N–H and O–H groups in total. The molecule has 0 heterocycles. The van der Waals surface area contributed by atoms with Gasteiger partial charge in [-0.05, 0) is 56.7 Å². The largest absolute Gasteiger partial charge is 0.490 e. The molecule has 6 heteroatoms. The molecule has 0 aliphatic heterocycles. The summed E-state index contributed by atoms with van der Waals surface area (Å²) in [6, 6.07) is 5.15. The molecule has 1 fully saturated rings. The van der Waals surface area contributed by atoms with Gasteiger partial charge in [-0.15, -0.1) is 24.0 Å². The topological polar surface area (TPSA) is 45.7 Å². The van der Waals surface area contributed by atoms with Crippen molar-refractivity contribution in [2.45, 2.75) is 46.1 Å². The molecule has 0 aromatic heterocycles. The van der Waals surface area contributed by atoms with Crippen LogP contribution in [0.5, 0.6) is 5.75 Å². The molecule has 0 amide bonds. The van der Waals surface area contributed by atoms with Crippen molar-refractivity contribution < 1.29 is 9.13 Å². The highest BCUT2D eigenvalue weighted by Crippen LogP contribution is 2.30. The van der Waals surface area contributed by atoms with Gasteiger partial charge < -0.3 is 15.4 Å². The summed E-state index contributed by atoms with van der Waals surface area (Å²) in [4.78, 5) is 4.47. The second-order valence-corrected chi connectivity index (χ2v) is 6.07. The second-order valence-electron chi connectivity index (χ2n) is 6.07. The van der Waals surface area contributed by atoms with Crippen LogP contribution in [0.1, 0.15) is 51.6 Å². The first kappa shape index (κ1) is 21.0. The van der Waals surface area contributed by atoms with Gasteiger partial charge in [0, 0.05) is 13.1 Å². The Kier molecular flexibility index (Phi) is 9.39. The highest BCUT2D eigenvalue weighted by Gasteiger charge is 2.22. The summed E-state index contributed by atoms with van der Waals surface area (Å²) in [6.07, 6.45) is 3.39. The number of benzene rings is 1. The minimum Gasteiger partial charge on any atom is -0.490 e. The van der Waals surface area contributed by atoms with Crippen molar-refractivity contribution in [2.24, 2.45) is 10.9 Å². The molecular weight excluding hydrogens is 420 g/mol. The van der Waals surface area contributed by atoms with Crippen LogP contribution in [0.3, 0.4) is 0 Å². The van der Waals surface area contributed by atoms with Crippen molar-refractivity contribution in [3.63, 3.8) is 0 Å². The fourth-order valence-electron chi connectivity index (χ4n) is 2.23. The van der Waals surface area contributed by atoms with Crippen molar-refractivity contribution >= 4 is 29.9 Å². The van der Waals surface area contributed by atoms with E-state index in [0.717, 1.165) is 31.0 Å². The van der Waals surface area contributed by atoms with Crippen molar-refractivity contribution in [3.05, 3.63) is 29.6 Å². The molecule has 2 rings (SSSR count). The Hall–Kier alpha value is -1.05. The average molecular weight is 449 g/mol. The predicted molar refractivity (Wildman–Crippen MR) is 108 cm³/mol. The van der Waals surface area contributed by atoms with Crippen LogP contribution in [0.4, 0.5) is 4.39 Å². The molecule has 0 saturated heterocycles. The first-order chi connectivity index (χ1) is 11.1. The van der Waals surface area contributed by atoms with E-state index < -0.39 is 0 Å². The van der Waals surface area contributed by atoms with Crippen molar-refractivity contribution in [2.75, 3.05) is 19.7 Å². The van der Waals surface area contributed by atoms with Crippen LogP contribution in [0.25, 0.3) is 0 Å². The average Bonchev–Trinajstić information content (AvgIpc) is 3.35. The van der Waals surface area contributed by atoms with Gasteiger partial charge in [0.2, 0.25) is 0 Å². The van der Waals surface area contributed by atoms with Gasteiger partial charge >= 0.3 is 0 Å². The zero-order valence-corrected chi connectivity index (χ0v) is 17.1. The Balaban J connectivity index is 0.00000288. The molecular formula is C18H29FIN3O. The summed E-state index contributed by atoms with van der Waals surface area (Å²) in [6.45, 7) is 8.30. The summed E-state index contributed by atoms with van der Waals surface area (Å²) in [5, 5.41) is 6.51. The molecule has 1 atom stereocenters. The molecule has 1 unspecified atom stereocenters. The Morgan fingerprint density at radius 3 is 2.71 bits per heavy atom. The van der Waals surface area contributed by atoms with Crippen LogP contribution in [0.2, 0.25) is 0 Å². The molecule has 1 saturated carbocycles. The van der Waals surface area contributed by atoms with Gasteiger partial charge in [0.25, 0.3) is 0 Å². The summed E-state index contributed by atoms with van der Waals surface area (Å²) in [5.74, 6) is 1.43. The lowest BCUT2D eigenvalue weighted by atomic mass is 10.1. The number of hydrogen-bond donors (Lipinski definition) is 2. The second kappa shape index (κ2) is 10.7. The van der Waals surface area contributed by atoms with Crippen molar-refractivity contribution in [1.29, 1.82) is 0 Å². The molecule has 24 heavy (non-hydrogen) atoms. The maximum Gasteiger partial charge on any atom is 0.191 e. The maximum absolute atomic E-state index is 14.2. The third-order valence-electron chi connectivity index (χ3n) is 3.82. The Morgan fingerprint density at radius 1 is 1.38 bits per heavy atom. The Morgan fingerprint density at radius 2 is 2.12 bits per heavy atom. The number of rotatable bonds is 8. The number of halogens is 2. The van der Waals surface area contributed by atoms with Gasteiger partial charge in [0.05, 0.1) is 12.6 Å². The van der Waals surface area contributed by atoms with E-state index in [0.29, 0.717) is 18.3 Å². The highest BCUT2D eigenvalue weighted by atomic mass is 127. The fraction of sp³-hybridized carbons (Fsp3) is 0.611. The highest BCUT2D eigenvalue weighted by molar-refractivity contribution is 14.0. The summed E-state index contributed by atoms with van der Waals surface area (Å²) >= 11 is 0. The first-order valence-electron chi connectivity index (χ1n) is 8.61. The molecule has 1 aromatic rings. The van der Waals surface area contributed by atoms with E-state index in [2.05, 4.69) is 22.5 Å². The summed E-state index contributed by atoms with van der Waals surface area (Å²) in [5.41, 5.74) is 0.878. The molecule has 0 spiro atoms. The minimum atomic E-state index is -0.299. The van der Waals surface area contributed by atoms with Gasteiger partial charge in [-0.1, -0.05) is 13.0 Å². The van der Waals surface area contributed by atoms with Crippen LogP contribution in [0, 0.1) is 11.7 Å². The number of ether oxygens (including phenoxy) is 1. The lowest BCUT2D eigenvalue weighted by Gasteiger charge is -2.19. The summed E-state index contributed by atoms with van der Waals surface area (Å²) in [7, 11) is 0. The minimum absolute atomic E-state index is 0. The zero-order chi connectivity index (χ0) is 16.7. The molecule has 1 aromatic carbocycles. The third kappa shape index (κ3) is 6.83. The molecule has 136 valence electrons. The smallest absolute Gasteiger partial charge is 0.191 e. The van der Waals surface area contributed by atoms with Crippen LogP contribution in [-0.4, -0.2) is 25.7 Å². The molecule has 4 nitrogen and oxygen atoms in total. The normalized spacial score (nSPS) is 15.4. The van der Waals surface area contributed by atoms with E-state index in [1.807, 2.05) is 19.9 Å². The van der Waals surface area contributed by atoms with Crippen molar-refractivity contribution in [1.82, 2.24) is 10.6 Å². The van der Waals surface area contributed by atoms with Crippen LogP contribution in [0.15, 0.2) is 23.2 Å². The maximum atomic E-state index is 14.2. The van der Waals surface area contributed by atoms with E-state index in [4.69, 9.17) is 4.74 Å².